The van der Waals surface area contributed by atoms with Gasteiger partial charge in [0.05, 0.1) is 6.10 Å². The molecule has 0 saturated carbocycles. The van der Waals surface area contributed by atoms with E-state index in [1.807, 2.05) is 27.8 Å². The van der Waals surface area contributed by atoms with E-state index in [4.69, 9.17) is 4.74 Å². The van der Waals surface area contributed by atoms with E-state index in [1.165, 1.54) is 0 Å². The predicted molar refractivity (Wildman–Crippen MR) is 82.5 cm³/mol. The molecule has 0 aliphatic heterocycles. The lowest BCUT2D eigenvalue weighted by atomic mass is 10.0. The van der Waals surface area contributed by atoms with Crippen molar-refractivity contribution in [3.63, 3.8) is 0 Å². The molecule has 0 spiro atoms. The molecule has 6 heteroatoms. The van der Waals surface area contributed by atoms with Crippen LogP contribution in [0.1, 0.15) is 48.0 Å². The summed E-state index contributed by atoms with van der Waals surface area (Å²) in [4.78, 5) is 15.2. The van der Waals surface area contributed by atoms with Crippen LogP contribution in [0.15, 0.2) is 0 Å². The highest BCUT2D eigenvalue weighted by atomic mass is 16.5. The van der Waals surface area contributed by atoms with Crippen molar-refractivity contribution in [1.29, 1.82) is 0 Å². The first-order valence-corrected chi connectivity index (χ1v) is 7.20. The van der Waals surface area contributed by atoms with Crippen molar-refractivity contribution in [3.05, 3.63) is 0 Å². The molecule has 0 aliphatic carbocycles. The molecule has 1 rings (SSSR count). The van der Waals surface area contributed by atoms with Gasteiger partial charge >= 0.3 is 6.01 Å². The maximum atomic E-state index is 5.61. The van der Waals surface area contributed by atoms with Gasteiger partial charge in [-0.25, -0.2) is 0 Å². The fraction of sp³-hybridized carbons (Fsp3) is 0.786. The van der Waals surface area contributed by atoms with Crippen LogP contribution in [0.25, 0.3) is 0 Å². The highest BCUT2D eigenvalue weighted by Gasteiger charge is 2.25. The Bertz CT molecular complexity index is 434. The lowest BCUT2D eigenvalue weighted by Gasteiger charge is -2.34. The largest absolute Gasteiger partial charge is 0.461 e. The zero-order valence-corrected chi connectivity index (χ0v) is 13.7. The van der Waals surface area contributed by atoms with Gasteiger partial charge in [-0.15, -0.1) is 0 Å². The minimum absolute atomic E-state index is 0.0278. The maximum Gasteiger partial charge on any atom is 0.323 e. The summed E-state index contributed by atoms with van der Waals surface area (Å²) in [7, 11) is 1.99. The monoisotopic (exact) mass is 281 g/mol. The van der Waals surface area contributed by atoms with Gasteiger partial charge in [0.25, 0.3) is 0 Å². The van der Waals surface area contributed by atoms with Crippen molar-refractivity contribution in [2.75, 3.05) is 23.8 Å². The van der Waals surface area contributed by atoms with Gasteiger partial charge in [-0.3, -0.25) is 0 Å². The van der Waals surface area contributed by atoms with Crippen LogP contribution < -0.4 is 15.0 Å². The Morgan fingerprint density at radius 2 is 1.85 bits per heavy atom. The number of anilines is 2. The van der Waals surface area contributed by atoms with E-state index in [-0.39, 0.29) is 11.6 Å². The first-order valence-electron chi connectivity index (χ1n) is 7.20. The summed E-state index contributed by atoms with van der Waals surface area (Å²) < 4.78 is 5.61. The molecule has 0 bridgehead atoms. The lowest BCUT2D eigenvalue weighted by Crippen LogP contribution is -2.41. The smallest absolute Gasteiger partial charge is 0.323 e. The minimum atomic E-state index is -0.0278. The van der Waals surface area contributed by atoms with E-state index in [9.17, 15) is 0 Å². The molecule has 0 unspecified atom stereocenters. The summed E-state index contributed by atoms with van der Waals surface area (Å²) in [5, 5.41) is 3.12. The predicted octanol–water partition coefficient (Wildman–Crippen LogP) is 2.72. The van der Waals surface area contributed by atoms with E-state index >= 15 is 0 Å². The Hall–Kier alpha value is -1.59. The fourth-order valence-corrected chi connectivity index (χ4v) is 1.50. The topological polar surface area (TPSA) is 63.2 Å². The Labute approximate surface area is 122 Å². The number of nitrogens with zero attached hydrogens (tertiary/aromatic N) is 4. The van der Waals surface area contributed by atoms with Crippen molar-refractivity contribution in [2.45, 2.75) is 59.6 Å². The molecule has 1 aromatic heterocycles. The molecular weight excluding hydrogens is 254 g/mol. The molecular formula is C14H27N5O. The quantitative estimate of drug-likeness (QED) is 0.829. The summed E-state index contributed by atoms with van der Waals surface area (Å²) in [6.45, 7) is 13.1. The van der Waals surface area contributed by atoms with Crippen LogP contribution in [-0.4, -0.2) is 40.2 Å². The third kappa shape index (κ3) is 4.21. The molecule has 1 aromatic rings. The van der Waals surface area contributed by atoms with Crippen LogP contribution in [0.2, 0.25) is 0 Å². The molecule has 0 amide bonds. The van der Waals surface area contributed by atoms with E-state index in [2.05, 4.69) is 45.9 Å². The average Bonchev–Trinajstić information content (AvgIpc) is 2.37. The van der Waals surface area contributed by atoms with Crippen LogP contribution in [-0.2, 0) is 0 Å². The van der Waals surface area contributed by atoms with E-state index in [0.29, 0.717) is 17.9 Å². The number of nitrogens with one attached hydrogen (secondary N) is 1. The number of hydrogen-bond donors (Lipinski definition) is 1. The summed E-state index contributed by atoms with van der Waals surface area (Å²) in [6, 6.07) is 0.361. The van der Waals surface area contributed by atoms with Gasteiger partial charge in [0.1, 0.15) is 0 Å². The molecule has 0 aromatic carbocycles. The molecule has 6 nitrogen and oxygen atoms in total. The van der Waals surface area contributed by atoms with Crippen molar-refractivity contribution >= 4 is 11.9 Å². The number of ether oxygens (including phenoxy) is 1. The van der Waals surface area contributed by atoms with Crippen molar-refractivity contribution in [3.8, 4) is 6.01 Å². The number of hydrogen-bond acceptors (Lipinski definition) is 6. The Kier molecular flexibility index (Phi) is 5.53. The molecule has 0 saturated heterocycles. The van der Waals surface area contributed by atoms with Gasteiger partial charge in [0.15, 0.2) is 0 Å². The fourth-order valence-electron chi connectivity index (χ4n) is 1.50. The molecule has 0 fully saturated rings. The van der Waals surface area contributed by atoms with Gasteiger partial charge < -0.3 is 15.0 Å². The third-order valence-electron chi connectivity index (χ3n) is 3.35. The van der Waals surface area contributed by atoms with Crippen LogP contribution in [0, 0.1) is 0 Å². The molecule has 20 heavy (non-hydrogen) atoms. The number of aromatic nitrogens is 3. The summed E-state index contributed by atoms with van der Waals surface area (Å²) >= 11 is 0. The molecule has 0 atom stereocenters. The molecule has 0 radical (unpaired) electrons. The summed E-state index contributed by atoms with van der Waals surface area (Å²) in [5.41, 5.74) is -0.0278. The SMILES string of the molecule is CCNc1nc(OC(C)C)nc(N(C)C(C)(C)CC)n1. The van der Waals surface area contributed by atoms with Gasteiger partial charge in [-0.2, -0.15) is 15.0 Å². The van der Waals surface area contributed by atoms with Crippen molar-refractivity contribution in [1.82, 2.24) is 15.0 Å². The maximum absolute atomic E-state index is 5.61. The molecule has 1 heterocycles. The Morgan fingerprint density at radius 1 is 1.20 bits per heavy atom. The number of rotatable bonds is 7. The average molecular weight is 281 g/mol. The third-order valence-corrected chi connectivity index (χ3v) is 3.35. The van der Waals surface area contributed by atoms with Crippen LogP contribution in [0.3, 0.4) is 0 Å². The zero-order valence-electron chi connectivity index (χ0n) is 13.7. The van der Waals surface area contributed by atoms with Crippen LogP contribution in [0.5, 0.6) is 6.01 Å². The normalized spacial score (nSPS) is 11.6. The first kappa shape index (κ1) is 16.5. The van der Waals surface area contributed by atoms with Gasteiger partial charge in [-0.1, -0.05) is 6.92 Å². The highest BCUT2D eigenvalue weighted by molar-refractivity contribution is 5.39. The Morgan fingerprint density at radius 3 is 2.35 bits per heavy atom. The molecule has 1 N–H and O–H groups in total. The lowest BCUT2D eigenvalue weighted by molar-refractivity contribution is 0.221. The first-order chi connectivity index (χ1) is 9.30. The van der Waals surface area contributed by atoms with E-state index in [0.717, 1.165) is 13.0 Å². The van der Waals surface area contributed by atoms with Crippen LogP contribution >= 0.6 is 0 Å². The van der Waals surface area contributed by atoms with E-state index in [1.54, 1.807) is 0 Å². The van der Waals surface area contributed by atoms with Gasteiger partial charge in [0.2, 0.25) is 11.9 Å². The summed E-state index contributed by atoms with van der Waals surface area (Å²) in [6.07, 6.45) is 1.02. The second kappa shape index (κ2) is 6.72. The van der Waals surface area contributed by atoms with Crippen LogP contribution in [0.4, 0.5) is 11.9 Å². The highest BCUT2D eigenvalue weighted by Crippen LogP contribution is 2.23. The second-order valence-corrected chi connectivity index (χ2v) is 5.66. The molecule has 0 aliphatic rings. The Balaban J connectivity index is 3.14. The summed E-state index contributed by atoms with van der Waals surface area (Å²) in [5.74, 6) is 1.17. The van der Waals surface area contributed by atoms with Gasteiger partial charge in [-0.05, 0) is 41.0 Å². The standard InChI is InChI=1S/C14H27N5O/c1-8-14(5,6)19(7)12-16-11(15-9-2)17-13(18-12)20-10(3)4/h10H,8-9H2,1-7H3,(H,15,16,17,18). The minimum Gasteiger partial charge on any atom is -0.461 e. The second-order valence-electron chi connectivity index (χ2n) is 5.66. The van der Waals surface area contributed by atoms with Gasteiger partial charge in [0, 0.05) is 19.1 Å². The zero-order chi connectivity index (χ0) is 15.3. The molecule has 114 valence electrons. The van der Waals surface area contributed by atoms with Crippen molar-refractivity contribution < 1.29 is 4.74 Å². The van der Waals surface area contributed by atoms with Crippen molar-refractivity contribution in [2.24, 2.45) is 0 Å². The van der Waals surface area contributed by atoms with E-state index < -0.39 is 0 Å².